The van der Waals surface area contributed by atoms with E-state index in [0.717, 1.165) is 19.9 Å². The van der Waals surface area contributed by atoms with Crippen molar-refractivity contribution in [3.05, 3.63) is 0 Å². The number of hydrogen-bond donors (Lipinski definition) is 4. The largest absolute Gasteiger partial charge is 0.316 e. The summed E-state index contributed by atoms with van der Waals surface area (Å²) in [4.78, 5) is 0. The van der Waals surface area contributed by atoms with Crippen molar-refractivity contribution < 1.29 is 0 Å². The number of nitrogens with two attached hydrogens (primary N) is 1. The van der Waals surface area contributed by atoms with Crippen LogP contribution >= 0.6 is 0 Å². The van der Waals surface area contributed by atoms with Gasteiger partial charge in [0.15, 0.2) is 0 Å². The van der Waals surface area contributed by atoms with E-state index in [1.807, 2.05) is 6.92 Å². The summed E-state index contributed by atoms with van der Waals surface area (Å²) >= 11 is 0. The molecule has 5 N–H and O–H groups in total. The van der Waals surface area contributed by atoms with Crippen molar-refractivity contribution in [1.29, 1.82) is 0 Å². The summed E-state index contributed by atoms with van der Waals surface area (Å²) in [6.07, 6.45) is 0.0640. The van der Waals surface area contributed by atoms with Crippen LogP contribution < -0.4 is 21.7 Å². The van der Waals surface area contributed by atoms with E-state index in [1.165, 1.54) is 0 Å². The van der Waals surface area contributed by atoms with Crippen LogP contribution in [0.15, 0.2) is 0 Å². The topological polar surface area (TPSA) is 62.1 Å². The molecule has 0 bridgehead atoms. The van der Waals surface area contributed by atoms with Gasteiger partial charge in [0.25, 0.3) is 0 Å². The highest BCUT2D eigenvalue weighted by atomic mass is 15.2. The van der Waals surface area contributed by atoms with Gasteiger partial charge in [-0.1, -0.05) is 6.92 Å². The van der Waals surface area contributed by atoms with Crippen molar-refractivity contribution in [2.45, 2.75) is 20.0 Å². The maximum Gasteiger partial charge on any atom is 0.0527 e. The molecule has 0 aliphatic heterocycles. The number of rotatable bonds is 6. The van der Waals surface area contributed by atoms with Gasteiger partial charge in [-0.2, -0.15) is 0 Å². The zero-order valence-electron chi connectivity index (χ0n) is 6.78. The molecule has 4 nitrogen and oxygen atoms in total. The summed E-state index contributed by atoms with van der Waals surface area (Å²) in [5, 5.41) is 9.28. The highest BCUT2D eigenvalue weighted by molar-refractivity contribution is 4.48. The van der Waals surface area contributed by atoms with Gasteiger partial charge in [0.2, 0.25) is 0 Å². The molecule has 0 aliphatic carbocycles. The van der Waals surface area contributed by atoms with Crippen molar-refractivity contribution >= 4 is 0 Å². The Hall–Kier alpha value is -0.160. The molecule has 62 valence electrons. The molecule has 0 fully saturated rings. The summed E-state index contributed by atoms with van der Waals surface area (Å²) in [6.45, 7) is 6.56. The molecular weight excluding hydrogens is 128 g/mol. The van der Waals surface area contributed by atoms with E-state index >= 15 is 0 Å². The van der Waals surface area contributed by atoms with Crippen LogP contribution in [0.1, 0.15) is 13.8 Å². The van der Waals surface area contributed by atoms with Gasteiger partial charge in [-0.3, -0.25) is 10.6 Å². The SMILES string of the molecule is CCNCNCNC(C)N. The predicted octanol–water partition coefficient (Wildman–Crippen LogP) is -1.01. The van der Waals surface area contributed by atoms with E-state index in [1.54, 1.807) is 0 Å². The third-order valence-electron chi connectivity index (χ3n) is 1.05. The van der Waals surface area contributed by atoms with Crippen molar-refractivity contribution in [2.75, 3.05) is 19.9 Å². The van der Waals surface area contributed by atoms with Gasteiger partial charge in [0, 0.05) is 13.3 Å². The number of hydrogen-bond acceptors (Lipinski definition) is 4. The molecule has 0 saturated carbocycles. The van der Waals surface area contributed by atoms with Gasteiger partial charge in [-0.15, -0.1) is 0 Å². The zero-order valence-corrected chi connectivity index (χ0v) is 6.78. The molecule has 10 heavy (non-hydrogen) atoms. The van der Waals surface area contributed by atoms with Crippen LogP contribution in [0.2, 0.25) is 0 Å². The maximum atomic E-state index is 5.44. The normalized spacial score (nSPS) is 13.5. The average Bonchev–Trinajstić information content (AvgIpc) is 1.87. The molecule has 0 aromatic rings. The molecule has 1 unspecified atom stereocenters. The van der Waals surface area contributed by atoms with Crippen molar-refractivity contribution in [3.63, 3.8) is 0 Å². The Kier molecular flexibility index (Phi) is 6.84. The second-order valence-corrected chi connectivity index (χ2v) is 2.20. The summed E-state index contributed by atoms with van der Waals surface area (Å²) in [5.74, 6) is 0. The number of nitrogens with one attached hydrogen (secondary N) is 3. The lowest BCUT2D eigenvalue weighted by atomic mass is 10.6. The molecule has 0 radical (unpaired) electrons. The first-order valence-electron chi connectivity index (χ1n) is 3.67. The first-order valence-corrected chi connectivity index (χ1v) is 3.67. The van der Waals surface area contributed by atoms with E-state index in [2.05, 4.69) is 22.9 Å². The fraction of sp³-hybridized carbons (Fsp3) is 1.00. The molecule has 1 atom stereocenters. The first kappa shape index (κ1) is 9.84. The highest BCUT2D eigenvalue weighted by Gasteiger charge is 1.88. The molecule has 0 aromatic carbocycles. The van der Waals surface area contributed by atoms with Crippen LogP contribution in [0.3, 0.4) is 0 Å². The lowest BCUT2D eigenvalue weighted by Crippen LogP contribution is -2.43. The minimum absolute atomic E-state index is 0.0640. The molecule has 4 heteroatoms. The van der Waals surface area contributed by atoms with Crippen molar-refractivity contribution in [2.24, 2.45) is 5.73 Å². The van der Waals surface area contributed by atoms with E-state index in [4.69, 9.17) is 5.73 Å². The highest BCUT2D eigenvalue weighted by Crippen LogP contribution is 1.60. The van der Waals surface area contributed by atoms with Crippen LogP contribution in [0.5, 0.6) is 0 Å². The molecule has 0 saturated heterocycles. The van der Waals surface area contributed by atoms with Gasteiger partial charge in [-0.05, 0) is 13.5 Å². The standard InChI is InChI=1S/C6H18N4/c1-3-8-4-9-5-10-6(2)7/h6,8-10H,3-5,7H2,1-2H3. The monoisotopic (exact) mass is 146 g/mol. The minimum Gasteiger partial charge on any atom is -0.316 e. The smallest absolute Gasteiger partial charge is 0.0527 e. The summed E-state index contributed by atoms with van der Waals surface area (Å²) in [5.41, 5.74) is 5.44. The molecule has 0 rings (SSSR count). The van der Waals surface area contributed by atoms with Gasteiger partial charge < -0.3 is 11.1 Å². The third kappa shape index (κ3) is 7.84. The van der Waals surface area contributed by atoms with Crippen LogP contribution in [0, 0.1) is 0 Å². The Labute approximate surface area is 62.6 Å². The van der Waals surface area contributed by atoms with Crippen LogP contribution in [-0.2, 0) is 0 Å². The third-order valence-corrected chi connectivity index (χ3v) is 1.05. The first-order chi connectivity index (χ1) is 4.77. The Bertz CT molecular complexity index is 64.8. The summed E-state index contributed by atoms with van der Waals surface area (Å²) in [7, 11) is 0. The van der Waals surface area contributed by atoms with Crippen LogP contribution in [-0.4, -0.2) is 26.0 Å². The molecule has 0 aliphatic rings. The quantitative estimate of drug-likeness (QED) is 0.286. The van der Waals surface area contributed by atoms with E-state index in [0.29, 0.717) is 0 Å². The Morgan fingerprint density at radius 2 is 2.00 bits per heavy atom. The lowest BCUT2D eigenvalue weighted by Gasteiger charge is -2.09. The van der Waals surface area contributed by atoms with E-state index in [9.17, 15) is 0 Å². The zero-order chi connectivity index (χ0) is 7.82. The molecule has 0 heterocycles. The molecule has 0 spiro atoms. The van der Waals surface area contributed by atoms with E-state index in [-0.39, 0.29) is 6.17 Å². The van der Waals surface area contributed by atoms with Gasteiger partial charge in [-0.25, -0.2) is 0 Å². The van der Waals surface area contributed by atoms with E-state index < -0.39 is 0 Å². The molecule has 0 aromatic heterocycles. The molecule has 0 amide bonds. The lowest BCUT2D eigenvalue weighted by molar-refractivity contribution is 0.494. The van der Waals surface area contributed by atoms with Crippen molar-refractivity contribution in [3.8, 4) is 0 Å². The van der Waals surface area contributed by atoms with Gasteiger partial charge >= 0.3 is 0 Å². The molecular formula is C6H18N4. The summed E-state index contributed by atoms with van der Waals surface area (Å²) in [6, 6.07) is 0. The van der Waals surface area contributed by atoms with Crippen LogP contribution in [0.4, 0.5) is 0 Å². The van der Waals surface area contributed by atoms with Crippen molar-refractivity contribution in [1.82, 2.24) is 16.0 Å². The second kappa shape index (κ2) is 6.95. The fourth-order valence-electron chi connectivity index (χ4n) is 0.509. The Morgan fingerprint density at radius 3 is 2.50 bits per heavy atom. The van der Waals surface area contributed by atoms with Gasteiger partial charge in [0.1, 0.15) is 0 Å². The average molecular weight is 146 g/mol. The predicted molar refractivity (Wildman–Crippen MR) is 43.3 cm³/mol. The fourth-order valence-corrected chi connectivity index (χ4v) is 0.509. The Morgan fingerprint density at radius 1 is 1.30 bits per heavy atom. The minimum atomic E-state index is 0.0640. The van der Waals surface area contributed by atoms with Crippen LogP contribution in [0.25, 0.3) is 0 Å². The second-order valence-electron chi connectivity index (χ2n) is 2.20. The maximum absolute atomic E-state index is 5.44. The Balaban J connectivity index is 2.77. The summed E-state index contributed by atoms with van der Waals surface area (Å²) < 4.78 is 0. The van der Waals surface area contributed by atoms with Gasteiger partial charge in [0.05, 0.1) is 6.17 Å².